The molecule has 10 heavy (non-hydrogen) atoms. The maximum Gasteiger partial charge on any atom is 0.112 e. The predicted molar refractivity (Wildman–Crippen MR) is 36.0 cm³/mol. The van der Waals surface area contributed by atoms with Gasteiger partial charge in [0.25, 0.3) is 0 Å². The van der Waals surface area contributed by atoms with Crippen LogP contribution in [0.5, 0.6) is 0 Å². The van der Waals surface area contributed by atoms with Gasteiger partial charge in [0.05, 0.1) is 6.61 Å². The number of hydrogen-bond acceptors (Lipinski definition) is 3. The monoisotopic (exact) mass is 143 g/mol. The third-order valence-electron chi connectivity index (χ3n) is 1.10. The highest BCUT2D eigenvalue weighted by Crippen LogP contribution is 2.14. The van der Waals surface area contributed by atoms with Gasteiger partial charge in [0.2, 0.25) is 0 Å². The molecule has 5 heteroatoms. The second-order valence-electron chi connectivity index (χ2n) is 2.07. The summed E-state index contributed by atoms with van der Waals surface area (Å²) in [5, 5.41) is 20.6. The van der Waals surface area contributed by atoms with Crippen molar-refractivity contribution in [1.82, 2.24) is 0 Å². The second kappa shape index (κ2) is 3.22. The molecule has 56 valence electrons. The van der Waals surface area contributed by atoms with Crippen LogP contribution in [-0.2, 0) is 0 Å². The summed E-state index contributed by atoms with van der Waals surface area (Å²) in [6.45, 7) is 4.06. The van der Waals surface area contributed by atoms with E-state index in [0.29, 0.717) is 0 Å². The van der Waals surface area contributed by atoms with Gasteiger partial charge in [-0.3, -0.25) is 0 Å². The highest BCUT2D eigenvalue weighted by molar-refractivity contribution is 5.08. The Morgan fingerprint density at radius 1 is 1.90 bits per heavy atom. The first-order valence-electron chi connectivity index (χ1n) is 2.62. The highest BCUT2D eigenvalue weighted by atomic mass is 16.3. The fourth-order valence-electron chi connectivity index (χ4n) is 0.253. The molecule has 0 saturated heterocycles. The van der Waals surface area contributed by atoms with Gasteiger partial charge < -0.3 is 10.2 Å². The van der Waals surface area contributed by atoms with Crippen molar-refractivity contribution in [3.8, 4) is 0 Å². The van der Waals surface area contributed by atoms with Crippen LogP contribution in [0.3, 0.4) is 0 Å². The molecule has 0 aromatic heterocycles. The van der Waals surface area contributed by atoms with Crippen molar-refractivity contribution in [1.29, 1.82) is 0 Å². The summed E-state index contributed by atoms with van der Waals surface area (Å²) in [5.74, 6) is 0. The zero-order valence-electron chi connectivity index (χ0n) is 5.65. The topological polar surface area (TPSA) is 89.2 Å². The molecule has 0 radical (unpaired) electrons. The zero-order chi connectivity index (χ0) is 8.20. The smallest absolute Gasteiger partial charge is 0.112 e. The van der Waals surface area contributed by atoms with E-state index >= 15 is 0 Å². The summed E-state index contributed by atoms with van der Waals surface area (Å²) in [7, 11) is 0. The van der Waals surface area contributed by atoms with E-state index in [0.717, 1.165) is 0 Å². The van der Waals surface area contributed by atoms with Crippen molar-refractivity contribution in [3.63, 3.8) is 0 Å². The van der Waals surface area contributed by atoms with Crippen LogP contribution in [0, 0.1) is 0 Å². The Kier molecular flexibility index (Phi) is 2.89. The summed E-state index contributed by atoms with van der Waals surface area (Å²) in [5.41, 5.74) is 6.31. The minimum absolute atomic E-state index is 0.0856. The van der Waals surface area contributed by atoms with Crippen LogP contribution in [-0.4, -0.2) is 22.4 Å². The Hall–Kier alpha value is -1.03. The lowest BCUT2D eigenvalue weighted by Gasteiger charge is -2.18. The van der Waals surface area contributed by atoms with E-state index < -0.39 is 12.2 Å². The van der Waals surface area contributed by atoms with E-state index in [1.54, 1.807) is 0 Å². The first kappa shape index (κ1) is 8.97. The molecule has 0 spiro atoms. The minimum Gasteiger partial charge on any atom is -0.393 e. The maximum absolute atomic E-state index is 9.11. The fraction of sp³-hybridized carbons (Fsp3) is 0.600. The lowest BCUT2D eigenvalue weighted by Crippen LogP contribution is -2.29. The molecular weight excluding hydrogens is 134 g/mol. The van der Waals surface area contributed by atoms with Crippen LogP contribution in [0.15, 0.2) is 17.4 Å². The average molecular weight is 143 g/mol. The normalized spacial score (nSPS) is 15.1. The van der Waals surface area contributed by atoms with Gasteiger partial charge in [-0.2, -0.15) is 0 Å². The van der Waals surface area contributed by atoms with Crippen LogP contribution >= 0.6 is 0 Å². The van der Waals surface area contributed by atoms with Crippen molar-refractivity contribution >= 4 is 0 Å². The Labute approximate surface area is 58.2 Å². The summed E-state index contributed by atoms with van der Waals surface area (Å²) in [4.78, 5) is 2.40. The van der Waals surface area contributed by atoms with Gasteiger partial charge in [-0.15, -0.1) is 0 Å². The van der Waals surface area contributed by atoms with E-state index in [1.165, 1.54) is 6.92 Å². The Morgan fingerprint density at radius 2 is 2.40 bits per heavy atom. The lowest BCUT2D eigenvalue weighted by atomic mass is 10.1. The molecule has 0 aliphatic rings. The molecule has 0 heterocycles. The predicted octanol–water partition coefficient (Wildman–Crippen LogP) is 0.554. The Bertz CT molecular complexity index is 181. The summed E-state index contributed by atoms with van der Waals surface area (Å²) in [6.07, 6.45) is 0. The van der Waals surface area contributed by atoms with E-state index in [9.17, 15) is 0 Å². The second-order valence-corrected chi connectivity index (χ2v) is 2.07. The molecule has 5 nitrogen and oxygen atoms in total. The van der Waals surface area contributed by atoms with Gasteiger partial charge in [0.15, 0.2) is 0 Å². The third kappa shape index (κ3) is 2.06. The molecule has 0 aliphatic carbocycles. The van der Waals surface area contributed by atoms with Crippen LogP contribution < -0.4 is 0 Å². The fourth-order valence-corrected chi connectivity index (χ4v) is 0.253. The number of nitrogens with zero attached hydrogens (tertiary/aromatic N) is 3. The molecule has 0 saturated carbocycles. The summed E-state index contributed by atoms with van der Waals surface area (Å²) >= 11 is 0. The summed E-state index contributed by atoms with van der Waals surface area (Å²) < 4.78 is 0. The minimum atomic E-state index is -1.51. The van der Waals surface area contributed by atoms with Crippen LogP contribution in [0.25, 0.3) is 10.4 Å². The van der Waals surface area contributed by atoms with Crippen molar-refractivity contribution in [2.45, 2.75) is 12.5 Å². The molecule has 1 atom stereocenters. The van der Waals surface area contributed by atoms with E-state index in [4.69, 9.17) is 15.7 Å². The molecule has 0 amide bonds. The van der Waals surface area contributed by atoms with Crippen molar-refractivity contribution in [2.24, 2.45) is 5.11 Å². The number of aliphatic hydroxyl groups excluding tert-OH is 1. The molecule has 1 unspecified atom stereocenters. The Balaban J connectivity index is 4.32. The first-order chi connectivity index (χ1) is 4.54. The van der Waals surface area contributed by atoms with E-state index in [1.807, 2.05) is 0 Å². The molecule has 0 fully saturated rings. The lowest BCUT2D eigenvalue weighted by molar-refractivity contribution is 0.0326. The number of azide groups is 1. The van der Waals surface area contributed by atoms with Gasteiger partial charge in [-0.1, -0.05) is 11.7 Å². The van der Waals surface area contributed by atoms with E-state index in [-0.39, 0.29) is 5.70 Å². The molecule has 0 aromatic rings. The molecule has 2 N–H and O–H groups in total. The van der Waals surface area contributed by atoms with Crippen LogP contribution in [0.2, 0.25) is 0 Å². The van der Waals surface area contributed by atoms with Crippen LogP contribution in [0.1, 0.15) is 6.92 Å². The standard InChI is InChI=1S/C5H9N3O2/c1-4(7-8-6)5(2,10)3-9/h9-10H,1,3H2,2H3. The molecule has 0 aromatic carbocycles. The highest BCUT2D eigenvalue weighted by Gasteiger charge is 2.21. The van der Waals surface area contributed by atoms with E-state index in [2.05, 4.69) is 16.6 Å². The third-order valence-corrected chi connectivity index (χ3v) is 1.10. The number of rotatable bonds is 3. The van der Waals surface area contributed by atoms with Crippen molar-refractivity contribution in [3.05, 3.63) is 22.7 Å². The molecule has 0 aliphatic heterocycles. The first-order valence-corrected chi connectivity index (χ1v) is 2.62. The van der Waals surface area contributed by atoms with Crippen LogP contribution in [0.4, 0.5) is 0 Å². The zero-order valence-corrected chi connectivity index (χ0v) is 5.65. The van der Waals surface area contributed by atoms with Crippen molar-refractivity contribution in [2.75, 3.05) is 6.61 Å². The van der Waals surface area contributed by atoms with Gasteiger partial charge >= 0.3 is 0 Å². The Morgan fingerprint density at radius 3 is 2.70 bits per heavy atom. The van der Waals surface area contributed by atoms with Gasteiger partial charge in [-0.05, 0) is 12.5 Å². The SMILES string of the molecule is C=C(N=[N+]=[N-])C(C)(O)CO. The quantitative estimate of drug-likeness (QED) is 0.343. The van der Waals surface area contributed by atoms with Crippen molar-refractivity contribution < 1.29 is 10.2 Å². The summed E-state index contributed by atoms with van der Waals surface area (Å²) in [6, 6.07) is 0. The van der Waals surface area contributed by atoms with Gasteiger partial charge in [-0.25, -0.2) is 0 Å². The number of hydrogen-bond donors (Lipinski definition) is 2. The number of aliphatic hydroxyl groups is 2. The molecule has 0 rings (SSSR count). The maximum atomic E-state index is 9.11. The van der Waals surface area contributed by atoms with Gasteiger partial charge in [0.1, 0.15) is 5.60 Å². The van der Waals surface area contributed by atoms with Gasteiger partial charge in [0, 0.05) is 10.6 Å². The molecule has 0 bridgehead atoms. The molecular formula is C5H9N3O2. The largest absolute Gasteiger partial charge is 0.393 e. The average Bonchev–Trinajstić information content (AvgIpc) is 1.89.